The number of hydrogen-bond donors (Lipinski definition) is 8. The number of nitrogens with zero attached hydrogens (tertiary/aromatic N) is 24. The van der Waals surface area contributed by atoms with Crippen molar-refractivity contribution in [2.45, 2.75) is 164 Å². The molecule has 0 atom stereocenters. The summed E-state index contributed by atoms with van der Waals surface area (Å²) < 4.78 is 12.3. The molecular formula is C100H116N32O8. The van der Waals surface area contributed by atoms with Crippen LogP contribution in [0.3, 0.4) is 0 Å². The number of nitrogens with one attached hydrogen (secondary N) is 4. The lowest BCUT2D eigenvalue weighted by atomic mass is 9.87. The first-order valence-electron chi connectivity index (χ1n) is 47.9. The van der Waals surface area contributed by atoms with E-state index in [1.165, 1.54) is 47.1 Å². The lowest BCUT2D eigenvalue weighted by molar-refractivity contribution is -0.118. The van der Waals surface area contributed by atoms with Crippen LogP contribution in [0.2, 0.25) is 0 Å². The average Bonchev–Trinajstić information content (AvgIpc) is 1.65. The number of imidazole rings is 1. The van der Waals surface area contributed by atoms with Crippen molar-refractivity contribution in [1.82, 2.24) is 92.8 Å². The van der Waals surface area contributed by atoms with Gasteiger partial charge < -0.3 is 73.0 Å². The number of carbonyl (C=O) groups is 8. The third kappa shape index (κ3) is 23.0. The maximum atomic E-state index is 12.3. The summed E-state index contributed by atoms with van der Waals surface area (Å²) in [4.78, 5) is 132. The average molecular weight is 1890 g/mol. The fourth-order valence-corrected chi connectivity index (χ4v) is 19.0. The number of primary amides is 4. The van der Waals surface area contributed by atoms with Gasteiger partial charge in [0.2, 0.25) is 49.8 Å². The number of benzene rings is 4. The Morgan fingerprint density at radius 1 is 0.343 bits per heavy atom. The summed E-state index contributed by atoms with van der Waals surface area (Å²) >= 11 is 0. The smallest absolute Gasteiger partial charge is 0.254 e. The minimum absolute atomic E-state index is 0.00858. The number of aromatic nitrogens is 15. The van der Waals surface area contributed by atoms with Crippen LogP contribution in [-0.4, -0.2) is 232 Å². The molecule has 0 spiro atoms. The highest BCUT2D eigenvalue weighted by Gasteiger charge is 2.47. The normalized spacial score (nSPS) is 18.2. The van der Waals surface area contributed by atoms with Crippen LogP contribution < -0.4 is 49.1 Å². The molecule has 8 amide bonds. The molecule has 4 aliphatic carbocycles. The molecule has 4 saturated carbocycles. The van der Waals surface area contributed by atoms with Crippen LogP contribution in [0.5, 0.6) is 0 Å². The number of amides is 8. The van der Waals surface area contributed by atoms with Gasteiger partial charge in [0.1, 0.15) is 57.1 Å². The Morgan fingerprint density at radius 2 is 0.636 bits per heavy atom. The minimum Gasteiger partial charge on any atom is -0.372 e. The Morgan fingerprint density at radius 3 is 0.886 bits per heavy atom. The van der Waals surface area contributed by atoms with Crippen LogP contribution in [0.15, 0.2) is 172 Å². The first kappa shape index (κ1) is 96.3. The molecule has 9 fully saturated rings. The molecule has 5 saturated heterocycles. The molecule has 20 rings (SSSR count). The molecule has 40 heteroatoms. The number of carbonyl (C=O) groups excluding carboxylic acids is 8. The van der Waals surface area contributed by atoms with Crippen LogP contribution in [0.4, 0.5) is 29.0 Å². The first-order valence-corrected chi connectivity index (χ1v) is 47.9. The molecule has 12 N–H and O–H groups in total. The van der Waals surface area contributed by atoms with E-state index in [-0.39, 0.29) is 119 Å². The van der Waals surface area contributed by atoms with Crippen molar-refractivity contribution >= 4 is 76.2 Å². The zero-order valence-corrected chi connectivity index (χ0v) is 78.2. The monoisotopic (exact) mass is 1890 g/mol. The second-order valence-corrected chi connectivity index (χ2v) is 38.2. The van der Waals surface area contributed by atoms with Crippen molar-refractivity contribution in [2.75, 3.05) is 118 Å². The van der Waals surface area contributed by atoms with Crippen molar-refractivity contribution in [1.29, 1.82) is 0 Å². The summed E-state index contributed by atoms with van der Waals surface area (Å²) in [5, 5.41) is 37.7. The van der Waals surface area contributed by atoms with Gasteiger partial charge in [0.25, 0.3) is 23.6 Å². The van der Waals surface area contributed by atoms with Gasteiger partial charge in [-0.1, -0.05) is 48.5 Å². The van der Waals surface area contributed by atoms with Gasteiger partial charge in [-0.15, -0.1) is 0 Å². The summed E-state index contributed by atoms with van der Waals surface area (Å²) in [7, 11) is 0. The molecule has 11 aromatic rings. The van der Waals surface area contributed by atoms with E-state index < -0.39 is 45.8 Å². The molecule has 40 nitrogen and oxygen atoms in total. The van der Waals surface area contributed by atoms with Crippen LogP contribution in [0.1, 0.15) is 179 Å². The third-order valence-corrected chi connectivity index (χ3v) is 28.4. The van der Waals surface area contributed by atoms with Gasteiger partial charge in [0, 0.05) is 176 Å². The van der Waals surface area contributed by atoms with Crippen LogP contribution in [-0.2, 0) is 67.5 Å². The molecule has 0 unspecified atom stereocenters. The zero-order chi connectivity index (χ0) is 97.7. The number of rotatable bonds is 32. The molecular weight excluding hydrogens is 1780 g/mol. The van der Waals surface area contributed by atoms with E-state index in [1.54, 1.807) is 73.2 Å². The third-order valence-electron chi connectivity index (χ3n) is 28.4. The van der Waals surface area contributed by atoms with Gasteiger partial charge in [-0.25, -0.2) is 45.6 Å². The van der Waals surface area contributed by atoms with Gasteiger partial charge in [-0.3, -0.25) is 76.7 Å². The highest BCUT2D eigenvalue weighted by molar-refractivity contribution is 6.05. The van der Waals surface area contributed by atoms with Crippen molar-refractivity contribution in [3.8, 4) is 17.1 Å². The van der Waals surface area contributed by atoms with E-state index >= 15 is 0 Å². The summed E-state index contributed by atoms with van der Waals surface area (Å²) in [6, 6.07) is 35.7. The van der Waals surface area contributed by atoms with Gasteiger partial charge in [0.05, 0.1) is 17.7 Å². The van der Waals surface area contributed by atoms with Crippen molar-refractivity contribution in [2.24, 2.45) is 46.6 Å². The number of nitrogens with two attached hydrogens (primary N) is 4. The SMILES string of the molecule is [C-]#[N+]CC1(n2cc(C(N)=O)c(NC(=O)C3CC3)n2)CCN(Cc2ccc(-n3cccn3)cc2)CC1.[C-]#[N+]CC1(n2cc(C(N)=O)c(NC(=O)C3CC3)n2)CCN(Cc2ccc(-n3ccnc3)cc2)CC1.[C-]#[N+]CC1(n2cc(C(N)=O)c(NC(=O)C3CC3)n2)CCN(Cc2ccc(-n3cncn3)cc2)CC1.[C-]#[N+]CC1(n2cc(C(N)=O)c(NC(=O)C3CC3)n2)CCN(Cc2ccc(N3CCCC3)cc2)CC1. The highest BCUT2D eigenvalue weighted by Crippen LogP contribution is 2.41. The van der Waals surface area contributed by atoms with Crippen LogP contribution >= 0.6 is 0 Å². The Bertz CT molecular complexity index is 5920. The topological polar surface area (TPSA) is 460 Å². The molecule has 724 valence electrons. The number of hydrogen-bond acceptors (Lipinski definition) is 21. The fraction of sp³-hybridized carbons (Fsp3) is 0.440. The Kier molecular flexibility index (Phi) is 29.4. The fourth-order valence-electron chi connectivity index (χ4n) is 19.0. The molecule has 5 aliphatic heterocycles. The van der Waals surface area contributed by atoms with Gasteiger partial charge in [-0.05, 0) is 192 Å². The van der Waals surface area contributed by atoms with Gasteiger partial charge >= 0.3 is 0 Å². The van der Waals surface area contributed by atoms with E-state index in [0.717, 1.165) is 173 Å². The second kappa shape index (κ2) is 42.7. The Balaban J connectivity index is 0.000000129. The number of piperidine rings is 4. The van der Waals surface area contributed by atoms with E-state index in [9.17, 15) is 38.4 Å². The van der Waals surface area contributed by atoms with Crippen molar-refractivity contribution in [3.05, 3.63) is 262 Å². The van der Waals surface area contributed by atoms with Crippen molar-refractivity contribution < 1.29 is 38.4 Å². The van der Waals surface area contributed by atoms with Gasteiger partial charge in [-0.2, -0.15) is 30.6 Å². The maximum absolute atomic E-state index is 12.3. The maximum Gasteiger partial charge on any atom is 0.254 e. The predicted octanol–water partition coefficient (Wildman–Crippen LogP) is 9.52. The number of likely N-dealkylation sites (tertiary alicyclic amines) is 4. The summed E-state index contributed by atoms with van der Waals surface area (Å²) in [6.45, 7) is 43.1. The zero-order valence-electron chi connectivity index (χ0n) is 78.2. The lowest BCUT2D eigenvalue weighted by Gasteiger charge is -2.38. The molecule has 0 bridgehead atoms. The van der Waals surface area contributed by atoms with E-state index in [0.29, 0.717) is 38.5 Å². The summed E-state index contributed by atoms with van der Waals surface area (Å²) in [6.07, 6.45) is 33.7. The largest absolute Gasteiger partial charge is 0.372 e. The van der Waals surface area contributed by atoms with Crippen molar-refractivity contribution in [3.63, 3.8) is 0 Å². The van der Waals surface area contributed by atoms with Gasteiger partial charge in [0.15, 0.2) is 23.3 Å². The van der Waals surface area contributed by atoms with E-state index in [2.05, 4.69) is 191 Å². The van der Waals surface area contributed by atoms with E-state index in [4.69, 9.17) is 49.2 Å². The standard InChI is InChI=1S/C26H33N7O2.2C25H28N8O2.C24H27N9O2/c1-28-18-26(33-17-22(23(27)34)24(30-33)29-25(35)20-6-7-20)10-14-31(15-11-26)16-19-4-8-21(9-5-19)32-12-2-3-13-32;1-27-17-25(33-16-21(22(26)34)23(30-33)29-24(35)19-5-6-19)9-13-31(14-10-25)15-18-3-7-20(8-4-18)32-12-2-11-28-32;1-27-16-25(33-15-21(22(26)34)23(30-33)29-24(35)19-4-5-19)8-11-31(12-9-25)14-18-2-6-20(7-3-18)32-13-10-28-17-32;1-26-14-24(33-13-20(21(25)34)22(30-33)29-23(35)18-4-5-18)8-10-31(11-9-24)12-17-2-6-19(7-3-17)32-16-27-15-28-32/h4-5,8-9,17,20H,2-3,6-7,10-16,18H2,(H2,27,34)(H,29,30,35);2-4,7-8,11-12,16,19H,5-6,9-10,13-15,17H2,(H2,26,34)(H,29,30,35);2-3,6-7,10,13,15,17,19H,4-5,8-9,11-12,14,16H2,(H2,26,34)(H,29,30,35);2-3,6-7,13,15-16,18H,4-5,8-12,14H2,(H2,25,34)(H,29,30,35). The molecule has 0 radical (unpaired) electrons. The van der Waals surface area contributed by atoms with E-state index in [1.807, 2.05) is 39.8 Å². The Labute approximate surface area is 810 Å². The second-order valence-electron chi connectivity index (χ2n) is 38.2. The molecule has 140 heavy (non-hydrogen) atoms. The lowest BCUT2D eigenvalue weighted by Crippen LogP contribution is -2.48. The highest BCUT2D eigenvalue weighted by atomic mass is 16.2. The van der Waals surface area contributed by atoms with Crippen LogP contribution in [0.25, 0.3) is 36.4 Å². The molecule has 7 aromatic heterocycles. The first-order chi connectivity index (χ1) is 67.9. The number of anilines is 5. The summed E-state index contributed by atoms with van der Waals surface area (Å²) in [5.41, 5.74) is 30.1. The Hall–Kier alpha value is -15.4. The molecule has 9 aliphatic rings. The molecule has 12 heterocycles. The summed E-state index contributed by atoms with van der Waals surface area (Å²) in [5.74, 6) is -2.37. The predicted molar refractivity (Wildman–Crippen MR) is 521 cm³/mol. The van der Waals surface area contributed by atoms with Crippen LogP contribution in [0, 0.1) is 50.0 Å². The molecule has 4 aromatic carbocycles. The quantitative estimate of drug-likeness (QED) is 0.0182. The minimum atomic E-state index is -0.646.